The van der Waals surface area contributed by atoms with Gasteiger partial charge < -0.3 is 10.5 Å². The molecular weight excluding hydrogens is 184 g/mol. The number of nitrogens with zero attached hydrogens (tertiary/aromatic N) is 1. The smallest absolute Gasteiger partial charge is 0.0794 e. The van der Waals surface area contributed by atoms with E-state index in [1.54, 1.807) is 11.3 Å². The van der Waals surface area contributed by atoms with E-state index in [-0.39, 0.29) is 11.6 Å². The molecule has 0 bridgehead atoms. The van der Waals surface area contributed by atoms with Crippen molar-refractivity contribution in [2.75, 3.05) is 6.61 Å². The predicted octanol–water partition coefficient (Wildman–Crippen LogP) is 1.19. The maximum Gasteiger partial charge on any atom is 0.0794 e. The molecule has 0 spiro atoms. The standard InChI is InChI=1S/C9H14N2OS/c1-7-9(10,2-3-12-7)4-8-5-11-6-13-8/h5-7H,2-4,10H2,1H3. The van der Waals surface area contributed by atoms with E-state index in [4.69, 9.17) is 10.5 Å². The summed E-state index contributed by atoms with van der Waals surface area (Å²) in [6.07, 6.45) is 3.89. The van der Waals surface area contributed by atoms with Crippen molar-refractivity contribution in [3.63, 3.8) is 0 Å². The summed E-state index contributed by atoms with van der Waals surface area (Å²) in [7, 11) is 0. The minimum Gasteiger partial charge on any atom is -0.377 e. The number of hydrogen-bond acceptors (Lipinski definition) is 4. The molecule has 0 aliphatic carbocycles. The van der Waals surface area contributed by atoms with E-state index in [1.807, 2.05) is 18.6 Å². The van der Waals surface area contributed by atoms with Gasteiger partial charge in [0.1, 0.15) is 0 Å². The first-order chi connectivity index (χ1) is 6.21. The summed E-state index contributed by atoms with van der Waals surface area (Å²) in [5.74, 6) is 0. The summed E-state index contributed by atoms with van der Waals surface area (Å²) in [5, 5.41) is 0. The normalized spacial score (nSPS) is 33.8. The average Bonchev–Trinajstić information content (AvgIpc) is 2.65. The quantitative estimate of drug-likeness (QED) is 0.776. The van der Waals surface area contributed by atoms with Crippen LogP contribution in [0.4, 0.5) is 0 Å². The number of hydrogen-bond donors (Lipinski definition) is 1. The summed E-state index contributed by atoms with van der Waals surface area (Å²) in [6, 6.07) is 0. The van der Waals surface area contributed by atoms with Gasteiger partial charge in [-0.25, -0.2) is 0 Å². The summed E-state index contributed by atoms with van der Waals surface area (Å²) < 4.78 is 5.48. The first kappa shape index (κ1) is 9.12. The third kappa shape index (κ3) is 1.75. The van der Waals surface area contributed by atoms with Gasteiger partial charge in [-0.1, -0.05) is 0 Å². The fraction of sp³-hybridized carbons (Fsp3) is 0.667. The highest BCUT2D eigenvalue weighted by molar-refractivity contribution is 7.09. The van der Waals surface area contributed by atoms with Crippen LogP contribution in [0, 0.1) is 0 Å². The fourth-order valence-electron chi connectivity index (χ4n) is 1.68. The van der Waals surface area contributed by atoms with Gasteiger partial charge in [0.05, 0.1) is 11.6 Å². The second-order valence-electron chi connectivity index (χ2n) is 3.64. The van der Waals surface area contributed by atoms with Crippen LogP contribution >= 0.6 is 11.3 Å². The molecule has 1 aromatic heterocycles. The Morgan fingerprint density at radius 3 is 3.23 bits per heavy atom. The van der Waals surface area contributed by atoms with Crippen molar-refractivity contribution in [1.82, 2.24) is 4.98 Å². The Bertz CT molecular complexity index is 275. The number of rotatable bonds is 2. The minimum absolute atomic E-state index is 0.162. The Hall–Kier alpha value is -0.450. The summed E-state index contributed by atoms with van der Waals surface area (Å²) in [5.41, 5.74) is 7.92. The molecule has 0 saturated carbocycles. The first-order valence-electron chi connectivity index (χ1n) is 4.48. The molecule has 2 heterocycles. The Labute approximate surface area is 81.9 Å². The molecule has 0 amide bonds. The van der Waals surface area contributed by atoms with Crippen LogP contribution in [0.2, 0.25) is 0 Å². The van der Waals surface area contributed by atoms with Gasteiger partial charge in [0.25, 0.3) is 0 Å². The zero-order valence-corrected chi connectivity index (χ0v) is 8.51. The second-order valence-corrected chi connectivity index (χ2v) is 4.61. The van der Waals surface area contributed by atoms with Crippen LogP contribution in [-0.4, -0.2) is 23.2 Å². The summed E-state index contributed by atoms with van der Waals surface area (Å²) in [6.45, 7) is 2.84. The molecule has 2 N–H and O–H groups in total. The van der Waals surface area contributed by atoms with Crippen molar-refractivity contribution in [3.05, 3.63) is 16.6 Å². The molecule has 2 unspecified atom stereocenters. The molecule has 0 aromatic carbocycles. The molecule has 2 rings (SSSR count). The van der Waals surface area contributed by atoms with E-state index in [0.717, 1.165) is 19.4 Å². The lowest BCUT2D eigenvalue weighted by Crippen LogP contribution is -2.47. The van der Waals surface area contributed by atoms with Gasteiger partial charge in [-0.2, -0.15) is 0 Å². The Balaban J connectivity index is 2.08. The third-order valence-electron chi connectivity index (χ3n) is 2.73. The van der Waals surface area contributed by atoms with E-state index < -0.39 is 0 Å². The number of nitrogens with two attached hydrogens (primary N) is 1. The van der Waals surface area contributed by atoms with Gasteiger partial charge in [-0.15, -0.1) is 11.3 Å². The highest BCUT2D eigenvalue weighted by Crippen LogP contribution is 2.27. The van der Waals surface area contributed by atoms with E-state index in [1.165, 1.54) is 4.88 Å². The van der Waals surface area contributed by atoms with E-state index in [2.05, 4.69) is 4.98 Å². The van der Waals surface area contributed by atoms with Gasteiger partial charge in [-0.05, 0) is 13.3 Å². The van der Waals surface area contributed by atoms with Gasteiger partial charge >= 0.3 is 0 Å². The van der Waals surface area contributed by atoms with Gasteiger partial charge in [0, 0.05) is 29.6 Å². The molecule has 13 heavy (non-hydrogen) atoms. The van der Waals surface area contributed by atoms with E-state index in [0.29, 0.717) is 0 Å². The van der Waals surface area contributed by atoms with Crippen molar-refractivity contribution in [3.8, 4) is 0 Å². The number of thiazole rings is 1. The number of ether oxygens (including phenoxy) is 1. The summed E-state index contributed by atoms with van der Waals surface area (Å²) >= 11 is 1.66. The van der Waals surface area contributed by atoms with E-state index in [9.17, 15) is 0 Å². The predicted molar refractivity (Wildman–Crippen MR) is 52.8 cm³/mol. The van der Waals surface area contributed by atoms with Crippen molar-refractivity contribution < 1.29 is 4.74 Å². The molecule has 1 aliphatic rings. The lowest BCUT2D eigenvalue weighted by molar-refractivity contribution is 0.0957. The van der Waals surface area contributed by atoms with Crippen LogP contribution in [0.1, 0.15) is 18.2 Å². The third-order valence-corrected chi connectivity index (χ3v) is 3.51. The molecule has 4 heteroatoms. The average molecular weight is 198 g/mol. The topological polar surface area (TPSA) is 48.1 Å². The van der Waals surface area contributed by atoms with Crippen LogP contribution in [0.3, 0.4) is 0 Å². The van der Waals surface area contributed by atoms with Crippen LogP contribution in [0.25, 0.3) is 0 Å². The monoisotopic (exact) mass is 198 g/mol. The lowest BCUT2D eigenvalue weighted by Gasteiger charge is -2.26. The van der Waals surface area contributed by atoms with Gasteiger partial charge in [0.2, 0.25) is 0 Å². The fourth-order valence-corrected chi connectivity index (χ4v) is 2.41. The Morgan fingerprint density at radius 2 is 2.69 bits per heavy atom. The number of aromatic nitrogens is 1. The van der Waals surface area contributed by atoms with Crippen LogP contribution in [0.5, 0.6) is 0 Å². The maximum atomic E-state index is 6.25. The SMILES string of the molecule is CC1OCCC1(N)Cc1cncs1. The molecule has 3 nitrogen and oxygen atoms in total. The van der Waals surface area contributed by atoms with E-state index >= 15 is 0 Å². The van der Waals surface area contributed by atoms with Gasteiger partial charge in [-0.3, -0.25) is 4.98 Å². The van der Waals surface area contributed by atoms with Gasteiger partial charge in [0.15, 0.2) is 0 Å². The minimum atomic E-state index is -0.174. The molecule has 0 radical (unpaired) electrons. The molecule has 1 saturated heterocycles. The van der Waals surface area contributed by atoms with Crippen LogP contribution in [-0.2, 0) is 11.2 Å². The van der Waals surface area contributed by atoms with Crippen molar-refractivity contribution >= 4 is 11.3 Å². The summed E-state index contributed by atoms with van der Waals surface area (Å²) in [4.78, 5) is 5.29. The zero-order valence-electron chi connectivity index (χ0n) is 7.69. The Kier molecular flexibility index (Phi) is 2.36. The molecule has 72 valence electrons. The van der Waals surface area contributed by atoms with Crippen molar-refractivity contribution in [1.29, 1.82) is 0 Å². The highest BCUT2D eigenvalue weighted by atomic mass is 32.1. The largest absolute Gasteiger partial charge is 0.377 e. The second kappa shape index (κ2) is 3.36. The molecular formula is C9H14N2OS. The molecule has 1 aliphatic heterocycles. The van der Waals surface area contributed by atoms with Crippen LogP contribution in [0.15, 0.2) is 11.7 Å². The lowest BCUT2D eigenvalue weighted by atomic mass is 9.89. The highest BCUT2D eigenvalue weighted by Gasteiger charge is 2.37. The van der Waals surface area contributed by atoms with Crippen molar-refractivity contribution in [2.24, 2.45) is 5.73 Å². The molecule has 1 aromatic rings. The van der Waals surface area contributed by atoms with Crippen LogP contribution < -0.4 is 5.73 Å². The van der Waals surface area contributed by atoms with Crippen molar-refractivity contribution in [2.45, 2.75) is 31.4 Å². The molecule has 2 atom stereocenters. The maximum absolute atomic E-state index is 6.25. The first-order valence-corrected chi connectivity index (χ1v) is 5.36. The molecule has 1 fully saturated rings. The zero-order chi connectivity index (χ0) is 9.31. The Morgan fingerprint density at radius 1 is 1.85 bits per heavy atom.